The minimum absolute atomic E-state index is 0.129. The molecular formula is C22H34N4O5. The molecule has 9 nitrogen and oxygen atoms in total. The third-order valence-corrected chi connectivity index (χ3v) is 5.48. The molecule has 1 aliphatic rings. The van der Waals surface area contributed by atoms with Crippen molar-refractivity contribution in [3.8, 4) is 0 Å². The predicted molar refractivity (Wildman–Crippen MR) is 115 cm³/mol. The van der Waals surface area contributed by atoms with Gasteiger partial charge in [0.2, 0.25) is 17.7 Å². The van der Waals surface area contributed by atoms with Crippen LogP contribution >= 0.6 is 0 Å². The van der Waals surface area contributed by atoms with Crippen molar-refractivity contribution in [3.63, 3.8) is 0 Å². The lowest BCUT2D eigenvalue weighted by Gasteiger charge is -2.33. The summed E-state index contributed by atoms with van der Waals surface area (Å²) >= 11 is 0. The van der Waals surface area contributed by atoms with E-state index in [1.54, 1.807) is 29.7 Å². The third-order valence-electron chi connectivity index (χ3n) is 5.48. The van der Waals surface area contributed by atoms with Crippen LogP contribution in [0.25, 0.3) is 0 Å². The number of morpholine rings is 1. The van der Waals surface area contributed by atoms with Gasteiger partial charge in [-0.3, -0.25) is 24.5 Å². The van der Waals surface area contributed by atoms with E-state index in [9.17, 15) is 19.6 Å². The molecule has 3 amide bonds. The van der Waals surface area contributed by atoms with Crippen molar-refractivity contribution < 1.29 is 24.3 Å². The molecule has 4 N–H and O–H groups in total. The Hall–Kier alpha value is -2.49. The molecule has 1 aromatic carbocycles. The van der Waals surface area contributed by atoms with Crippen LogP contribution in [0.1, 0.15) is 31.9 Å². The first-order valence-corrected chi connectivity index (χ1v) is 10.7. The van der Waals surface area contributed by atoms with Crippen molar-refractivity contribution in [1.29, 1.82) is 0 Å². The SMILES string of the molecule is CNC(=O)[C@@H](NC(=O)[C@H](CC(C)C)[C@@H](CN1CCOCC1)C(=O)NO)c1ccccc1. The fourth-order valence-electron chi connectivity index (χ4n) is 3.84. The minimum atomic E-state index is -0.880. The van der Waals surface area contributed by atoms with Crippen molar-refractivity contribution in [2.45, 2.75) is 26.3 Å². The number of hydroxylamine groups is 1. The van der Waals surface area contributed by atoms with E-state index in [-0.39, 0.29) is 11.8 Å². The molecule has 1 heterocycles. The molecule has 0 saturated carbocycles. The molecule has 0 bridgehead atoms. The van der Waals surface area contributed by atoms with Gasteiger partial charge in [0.15, 0.2) is 0 Å². The molecular weight excluding hydrogens is 400 g/mol. The van der Waals surface area contributed by atoms with E-state index in [2.05, 4.69) is 15.5 Å². The number of carbonyl (C=O) groups is 3. The number of nitrogens with one attached hydrogen (secondary N) is 3. The van der Waals surface area contributed by atoms with Gasteiger partial charge in [0.05, 0.1) is 25.0 Å². The van der Waals surface area contributed by atoms with Gasteiger partial charge in [0, 0.05) is 26.7 Å². The van der Waals surface area contributed by atoms with E-state index in [1.165, 1.54) is 7.05 Å². The normalized spacial score (nSPS) is 17.5. The highest BCUT2D eigenvalue weighted by Gasteiger charge is 2.37. The number of hydrogen-bond donors (Lipinski definition) is 4. The van der Waals surface area contributed by atoms with Crippen molar-refractivity contribution in [2.24, 2.45) is 17.8 Å². The molecule has 1 fully saturated rings. The maximum absolute atomic E-state index is 13.4. The quantitative estimate of drug-likeness (QED) is 0.318. The molecule has 9 heteroatoms. The van der Waals surface area contributed by atoms with E-state index in [0.717, 1.165) is 0 Å². The fraction of sp³-hybridized carbons (Fsp3) is 0.591. The lowest BCUT2D eigenvalue weighted by molar-refractivity contribution is -0.143. The van der Waals surface area contributed by atoms with E-state index in [4.69, 9.17) is 4.74 Å². The number of carbonyl (C=O) groups excluding carboxylic acids is 3. The van der Waals surface area contributed by atoms with Crippen molar-refractivity contribution in [3.05, 3.63) is 35.9 Å². The summed E-state index contributed by atoms with van der Waals surface area (Å²) in [5.74, 6) is -2.71. The van der Waals surface area contributed by atoms with Crippen LogP contribution in [0.4, 0.5) is 0 Å². The van der Waals surface area contributed by atoms with E-state index >= 15 is 0 Å². The zero-order chi connectivity index (χ0) is 22.8. The summed E-state index contributed by atoms with van der Waals surface area (Å²) in [5, 5.41) is 14.8. The number of nitrogens with zero attached hydrogens (tertiary/aromatic N) is 1. The van der Waals surface area contributed by atoms with Crippen molar-refractivity contribution in [1.82, 2.24) is 21.0 Å². The van der Waals surface area contributed by atoms with Gasteiger partial charge >= 0.3 is 0 Å². The Morgan fingerprint density at radius 2 is 1.68 bits per heavy atom. The molecule has 0 radical (unpaired) electrons. The molecule has 0 spiro atoms. The Bertz CT molecular complexity index is 722. The molecule has 3 atom stereocenters. The third kappa shape index (κ3) is 7.30. The fourth-order valence-corrected chi connectivity index (χ4v) is 3.84. The Kier molecular flexibility index (Phi) is 9.90. The lowest BCUT2D eigenvalue weighted by Crippen LogP contribution is -2.50. The summed E-state index contributed by atoms with van der Waals surface area (Å²) in [6.45, 7) is 6.66. The first-order chi connectivity index (χ1) is 14.9. The standard InChI is InChI=1S/C22H34N4O5/c1-15(2)13-17(18(21(28)25-30)14-26-9-11-31-12-10-26)20(27)24-19(22(29)23-3)16-7-5-4-6-8-16/h4-8,15,17-19,30H,9-14H2,1-3H3,(H,23,29)(H,24,27)(H,25,28)/t17-,18-,19+/m1/s1. The van der Waals surface area contributed by atoms with Crippen LogP contribution in [-0.4, -0.2) is 67.7 Å². The summed E-state index contributed by atoms with van der Waals surface area (Å²) in [4.78, 5) is 40.5. The number of ether oxygens (including phenoxy) is 1. The summed E-state index contributed by atoms with van der Waals surface area (Å²) < 4.78 is 5.37. The van der Waals surface area contributed by atoms with Crippen LogP contribution in [0.2, 0.25) is 0 Å². The topological polar surface area (TPSA) is 120 Å². The highest BCUT2D eigenvalue weighted by atomic mass is 16.5. The van der Waals surface area contributed by atoms with Gasteiger partial charge in [-0.1, -0.05) is 44.2 Å². The van der Waals surface area contributed by atoms with Crippen molar-refractivity contribution in [2.75, 3.05) is 39.9 Å². The first kappa shape index (κ1) is 24.8. The molecule has 2 rings (SSSR count). The number of benzene rings is 1. The van der Waals surface area contributed by atoms with Gasteiger partial charge in [0.1, 0.15) is 6.04 Å². The van der Waals surface area contributed by atoms with Crippen LogP contribution in [0.5, 0.6) is 0 Å². The Labute approximate surface area is 183 Å². The lowest BCUT2D eigenvalue weighted by atomic mass is 9.83. The Morgan fingerprint density at radius 1 is 1.03 bits per heavy atom. The zero-order valence-corrected chi connectivity index (χ0v) is 18.5. The average Bonchev–Trinajstić information content (AvgIpc) is 2.79. The summed E-state index contributed by atoms with van der Waals surface area (Å²) in [5.41, 5.74) is 2.37. The summed E-state index contributed by atoms with van der Waals surface area (Å²) in [7, 11) is 1.51. The van der Waals surface area contributed by atoms with Crippen LogP contribution < -0.4 is 16.1 Å². The van der Waals surface area contributed by atoms with Crippen LogP contribution in [0.3, 0.4) is 0 Å². The summed E-state index contributed by atoms with van der Waals surface area (Å²) in [6, 6.07) is 8.08. The highest BCUT2D eigenvalue weighted by Crippen LogP contribution is 2.25. The van der Waals surface area contributed by atoms with Crippen molar-refractivity contribution >= 4 is 17.7 Å². The number of rotatable bonds is 10. The van der Waals surface area contributed by atoms with Crippen LogP contribution in [0.15, 0.2) is 30.3 Å². The van der Waals surface area contributed by atoms with Crippen LogP contribution in [0, 0.1) is 17.8 Å². The van der Waals surface area contributed by atoms with Gasteiger partial charge in [-0.05, 0) is 17.9 Å². The number of amides is 3. The maximum Gasteiger partial charge on any atom is 0.248 e. The Balaban J connectivity index is 2.28. The number of hydrogen-bond acceptors (Lipinski definition) is 6. The summed E-state index contributed by atoms with van der Waals surface area (Å²) in [6.07, 6.45) is 0.434. The molecule has 0 aromatic heterocycles. The van der Waals surface area contributed by atoms with Gasteiger partial charge in [-0.15, -0.1) is 0 Å². The zero-order valence-electron chi connectivity index (χ0n) is 18.5. The van der Waals surface area contributed by atoms with E-state index in [0.29, 0.717) is 44.8 Å². The van der Waals surface area contributed by atoms with E-state index < -0.39 is 29.7 Å². The minimum Gasteiger partial charge on any atom is -0.379 e. The molecule has 1 aliphatic heterocycles. The largest absolute Gasteiger partial charge is 0.379 e. The van der Waals surface area contributed by atoms with Crippen LogP contribution in [-0.2, 0) is 19.1 Å². The first-order valence-electron chi connectivity index (χ1n) is 10.7. The van der Waals surface area contributed by atoms with Gasteiger partial charge in [0.25, 0.3) is 0 Å². The van der Waals surface area contributed by atoms with Gasteiger partial charge in [-0.2, -0.15) is 0 Å². The maximum atomic E-state index is 13.4. The van der Waals surface area contributed by atoms with Gasteiger partial charge in [-0.25, -0.2) is 5.48 Å². The van der Waals surface area contributed by atoms with Gasteiger partial charge < -0.3 is 15.4 Å². The highest BCUT2D eigenvalue weighted by molar-refractivity contribution is 5.92. The van der Waals surface area contributed by atoms with E-state index in [1.807, 2.05) is 19.9 Å². The average molecular weight is 435 g/mol. The molecule has 31 heavy (non-hydrogen) atoms. The second-order valence-electron chi connectivity index (χ2n) is 8.20. The second kappa shape index (κ2) is 12.4. The number of likely N-dealkylation sites (N-methyl/N-ethyl adjacent to an activating group) is 1. The molecule has 0 aliphatic carbocycles. The second-order valence-corrected chi connectivity index (χ2v) is 8.20. The smallest absolute Gasteiger partial charge is 0.248 e. The Morgan fingerprint density at radius 3 is 2.23 bits per heavy atom. The predicted octanol–water partition coefficient (Wildman–Crippen LogP) is 0.706. The monoisotopic (exact) mass is 434 g/mol. The molecule has 1 saturated heterocycles. The molecule has 0 unspecified atom stereocenters. The molecule has 172 valence electrons. The molecule has 1 aromatic rings.